The lowest BCUT2D eigenvalue weighted by molar-refractivity contribution is 0.489. The molecule has 0 saturated carbocycles. The van der Waals surface area contributed by atoms with Gasteiger partial charge in [-0.1, -0.05) is 0 Å². The molecule has 0 aromatic carbocycles. The molecule has 0 aliphatic rings. The van der Waals surface area contributed by atoms with Crippen LogP contribution >= 0.6 is 12.6 Å². The van der Waals surface area contributed by atoms with Crippen LogP contribution in [0, 0.1) is 0 Å². The largest absolute Gasteiger partial charge is 0.449 e. The van der Waals surface area contributed by atoms with Crippen LogP contribution in [0.5, 0.6) is 0 Å². The van der Waals surface area contributed by atoms with Crippen molar-refractivity contribution in [2.75, 3.05) is 12.4 Å². The van der Waals surface area contributed by atoms with E-state index in [-0.39, 0.29) is 0 Å². The Morgan fingerprint density at radius 2 is 2.60 bits per heavy atom. The third-order valence-corrected chi connectivity index (χ3v) is 1.33. The first-order chi connectivity index (χ1) is 4.93. The molecule has 56 valence electrons. The molecule has 3 nitrogen and oxygen atoms in total. The molecule has 0 radical (unpaired) electrons. The van der Waals surface area contributed by atoms with Crippen LogP contribution in [-0.2, 0) is 6.42 Å². The number of aromatic nitrogens is 1. The highest BCUT2D eigenvalue weighted by atomic mass is 32.1. The molecule has 0 unspecified atom stereocenters. The van der Waals surface area contributed by atoms with Crippen molar-refractivity contribution in [3.63, 3.8) is 0 Å². The molecule has 0 bridgehead atoms. The van der Waals surface area contributed by atoms with Gasteiger partial charge < -0.3 is 9.73 Å². The molecule has 0 fully saturated rings. The van der Waals surface area contributed by atoms with Gasteiger partial charge in [0.05, 0.1) is 6.20 Å². The molecule has 0 saturated heterocycles. The minimum Gasteiger partial charge on any atom is -0.449 e. The number of thiol groups is 1. The summed E-state index contributed by atoms with van der Waals surface area (Å²) in [7, 11) is 0. The quantitative estimate of drug-likeness (QED) is 0.385. The molecule has 0 aliphatic carbocycles. The fraction of sp³-hybridized carbons (Fsp3) is 0.500. The molecule has 1 aromatic rings. The van der Waals surface area contributed by atoms with Gasteiger partial charge in [-0.15, -0.1) is 0 Å². The second-order valence-corrected chi connectivity index (χ2v) is 2.15. The Labute approximate surface area is 65.2 Å². The molecule has 10 heavy (non-hydrogen) atoms. The van der Waals surface area contributed by atoms with Crippen molar-refractivity contribution in [3.05, 3.63) is 18.4 Å². The van der Waals surface area contributed by atoms with Crippen LogP contribution in [0.2, 0.25) is 0 Å². The van der Waals surface area contributed by atoms with Gasteiger partial charge in [0.25, 0.3) is 0 Å². The lowest BCUT2D eigenvalue weighted by Gasteiger charge is -1.95. The zero-order chi connectivity index (χ0) is 7.23. The van der Waals surface area contributed by atoms with Gasteiger partial charge in [-0.05, 0) is 0 Å². The van der Waals surface area contributed by atoms with Gasteiger partial charge in [-0.25, -0.2) is 4.98 Å². The van der Waals surface area contributed by atoms with E-state index in [1.165, 1.54) is 0 Å². The third kappa shape index (κ3) is 2.41. The Kier molecular flexibility index (Phi) is 3.32. The van der Waals surface area contributed by atoms with Crippen LogP contribution in [0.3, 0.4) is 0 Å². The van der Waals surface area contributed by atoms with Gasteiger partial charge in [0.15, 0.2) is 5.89 Å². The van der Waals surface area contributed by atoms with E-state index in [0.29, 0.717) is 5.88 Å². The van der Waals surface area contributed by atoms with E-state index >= 15 is 0 Å². The average molecular weight is 158 g/mol. The fourth-order valence-electron chi connectivity index (χ4n) is 0.651. The van der Waals surface area contributed by atoms with Crippen molar-refractivity contribution in [2.24, 2.45) is 0 Å². The molecular weight excluding hydrogens is 148 g/mol. The van der Waals surface area contributed by atoms with Crippen molar-refractivity contribution < 1.29 is 4.42 Å². The van der Waals surface area contributed by atoms with Gasteiger partial charge in [0.1, 0.15) is 6.26 Å². The summed E-state index contributed by atoms with van der Waals surface area (Å²) in [5, 5.41) is 3.05. The summed E-state index contributed by atoms with van der Waals surface area (Å²) < 4.78 is 5.00. The molecular formula is C6H10N2OS. The van der Waals surface area contributed by atoms with Crippen LogP contribution in [0.1, 0.15) is 5.89 Å². The van der Waals surface area contributed by atoms with Crippen molar-refractivity contribution in [2.45, 2.75) is 6.42 Å². The summed E-state index contributed by atoms with van der Waals surface area (Å²) in [5.41, 5.74) is 0. The predicted octanol–water partition coefficient (Wildman–Crippen LogP) is 0.694. The van der Waals surface area contributed by atoms with E-state index in [1.54, 1.807) is 12.5 Å². The van der Waals surface area contributed by atoms with E-state index in [9.17, 15) is 0 Å². The maximum atomic E-state index is 5.00. The molecule has 0 atom stereocenters. The van der Waals surface area contributed by atoms with Gasteiger partial charge in [0, 0.05) is 18.8 Å². The van der Waals surface area contributed by atoms with Crippen LogP contribution < -0.4 is 5.32 Å². The highest BCUT2D eigenvalue weighted by molar-refractivity contribution is 7.80. The topological polar surface area (TPSA) is 38.1 Å². The number of nitrogens with zero attached hydrogens (tertiary/aromatic N) is 1. The summed E-state index contributed by atoms with van der Waals surface area (Å²) in [6.07, 6.45) is 4.06. The predicted molar refractivity (Wildman–Crippen MR) is 42.1 cm³/mol. The van der Waals surface area contributed by atoms with Crippen LogP contribution in [0.25, 0.3) is 0 Å². The van der Waals surface area contributed by atoms with Crippen molar-refractivity contribution in [3.8, 4) is 0 Å². The first-order valence-corrected chi connectivity index (χ1v) is 3.76. The molecule has 1 N–H and O–H groups in total. The fourth-order valence-corrected chi connectivity index (χ4v) is 0.809. The van der Waals surface area contributed by atoms with Crippen LogP contribution in [-0.4, -0.2) is 17.4 Å². The maximum Gasteiger partial charge on any atom is 0.195 e. The van der Waals surface area contributed by atoms with Crippen molar-refractivity contribution >= 4 is 12.6 Å². The Morgan fingerprint density at radius 3 is 3.20 bits per heavy atom. The summed E-state index contributed by atoms with van der Waals surface area (Å²) >= 11 is 3.99. The lowest BCUT2D eigenvalue weighted by atomic mass is 10.4. The minimum absolute atomic E-state index is 0.695. The summed E-state index contributed by atoms with van der Waals surface area (Å²) in [6, 6.07) is 0. The van der Waals surface area contributed by atoms with E-state index < -0.39 is 0 Å². The van der Waals surface area contributed by atoms with Crippen molar-refractivity contribution in [1.82, 2.24) is 10.3 Å². The summed E-state index contributed by atoms with van der Waals surface area (Å²) in [6.45, 7) is 0.865. The second-order valence-electron chi connectivity index (χ2n) is 1.83. The van der Waals surface area contributed by atoms with Gasteiger partial charge >= 0.3 is 0 Å². The number of rotatable bonds is 4. The monoisotopic (exact) mass is 158 g/mol. The lowest BCUT2D eigenvalue weighted by Crippen LogP contribution is -2.14. The Hall–Kier alpha value is -0.480. The van der Waals surface area contributed by atoms with Crippen LogP contribution in [0.4, 0.5) is 0 Å². The molecule has 1 heterocycles. The summed E-state index contributed by atoms with van der Waals surface area (Å²) in [5.74, 6) is 1.47. The minimum atomic E-state index is 0.695. The zero-order valence-corrected chi connectivity index (χ0v) is 6.47. The smallest absolute Gasteiger partial charge is 0.195 e. The second kappa shape index (κ2) is 4.35. The molecule has 0 spiro atoms. The number of nitrogens with one attached hydrogen (secondary N) is 1. The highest BCUT2D eigenvalue weighted by Crippen LogP contribution is 1.93. The normalized spacial score (nSPS) is 10.1. The Morgan fingerprint density at radius 1 is 1.70 bits per heavy atom. The Balaban J connectivity index is 2.15. The number of hydrogen-bond acceptors (Lipinski definition) is 4. The van der Waals surface area contributed by atoms with E-state index in [4.69, 9.17) is 4.42 Å². The van der Waals surface area contributed by atoms with E-state index in [2.05, 4.69) is 22.9 Å². The third-order valence-electron chi connectivity index (χ3n) is 1.11. The van der Waals surface area contributed by atoms with E-state index in [0.717, 1.165) is 18.9 Å². The highest BCUT2D eigenvalue weighted by Gasteiger charge is 1.93. The standard InChI is InChI=1S/C6H10N2OS/c10-5-7-2-1-6-8-3-4-9-6/h3-4,7,10H,1-2,5H2. The Bertz CT molecular complexity index is 164. The van der Waals surface area contributed by atoms with E-state index in [1.807, 2.05) is 0 Å². The SMILES string of the molecule is SCNCCc1ncco1. The number of hydrogen-bond donors (Lipinski definition) is 2. The van der Waals surface area contributed by atoms with Gasteiger partial charge in [-0.2, -0.15) is 12.6 Å². The molecule has 1 rings (SSSR count). The van der Waals surface area contributed by atoms with Gasteiger partial charge in [0.2, 0.25) is 0 Å². The first kappa shape index (κ1) is 7.63. The molecule has 0 aliphatic heterocycles. The van der Waals surface area contributed by atoms with Crippen LogP contribution in [0.15, 0.2) is 16.9 Å². The first-order valence-electron chi connectivity index (χ1n) is 3.13. The van der Waals surface area contributed by atoms with Crippen molar-refractivity contribution in [1.29, 1.82) is 0 Å². The zero-order valence-electron chi connectivity index (χ0n) is 5.58. The molecule has 1 aromatic heterocycles. The average Bonchev–Trinajstić information content (AvgIpc) is 2.41. The molecule has 4 heteroatoms. The maximum absolute atomic E-state index is 5.00. The number of oxazole rings is 1. The summed E-state index contributed by atoms with van der Waals surface area (Å²) in [4.78, 5) is 3.96. The van der Waals surface area contributed by atoms with Gasteiger partial charge in [-0.3, -0.25) is 0 Å². The molecule has 0 amide bonds.